The normalized spacial score (nSPS) is 14.3. The topological polar surface area (TPSA) is 54.7 Å². The number of nitrogens with zero attached hydrogens (tertiary/aromatic N) is 1. The van der Waals surface area contributed by atoms with Gasteiger partial charge in [0.1, 0.15) is 18.1 Å². The molecule has 1 aliphatic heterocycles. The molecule has 1 amide bonds. The minimum atomic E-state index is -0.0179. The van der Waals surface area contributed by atoms with Crippen LogP contribution < -0.4 is 10.1 Å². The van der Waals surface area contributed by atoms with Gasteiger partial charge in [-0.05, 0) is 67.4 Å². The minimum Gasteiger partial charge on any atom is -0.486 e. The Morgan fingerprint density at radius 1 is 1.10 bits per heavy atom. The van der Waals surface area contributed by atoms with E-state index in [1.165, 1.54) is 5.39 Å². The molecule has 2 heterocycles. The van der Waals surface area contributed by atoms with Crippen LogP contribution in [-0.4, -0.2) is 36.5 Å². The quantitative estimate of drug-likeness (QED) is 0.573. The Kier molecular flexibility index (Phi) is 7.77. The van der Waals surface area contributed by atoms with Crippen molar-refractivity contribution in [1.82, 2.24) is 10.2 Å². The van der Waals surface area contributed by atoms with Gasteiger partial charge >= 0.3 is 0 Å². The van der Waals surface area contributed by atoms with Gasteiger partial charge < -0.3 is 19.4 Å². The minimum absolute atomic E-state index is 0. The number of nitrogens with one attached hydrogen (secondary N) is 1. The van der Waals surface area contributed by atoms with Crippen LogP contribution in [0.25, 0.3) is 10.8 Å². The first-order valence-corrected chi connectivity index (χ1v) is 10.5. The van der Waals surface area contributed by atoms with Crippen molar-refractivity contribution in [3.05, 3.63) is 66.1 Å². The molecular weight excluding hydrogens is 400 g/mol. The van der Waals surface area contributed by atoms with Crippen molar-refractivity contribution in [2.75, 3.05) is 19.6 Å². The van der Waals surface area contributed by atoms with Crippen molar-refractivity contribution in [1.29, 1.82) is 0 Å². The van der Waals surface area contributed by atoms with E-state index in [4.69, 9.17) is 9.15 Å². The number of hydrogen-bond donors (Lipinski definition) is 1. The molecule has 1 saturated heterocycles. The maximum Gasteiger partial charge on any atom is 0.289 e. The van der Waals surface area contributed by atoms with Crippen molar-refractivity contribution in [3.63, 3.8) is 0 Å². The number of ether oxygens (including phenoxy) is 1. The molecule has 0 unspecified atom stereocenters. The molecule has 0 saturated carbocycles. The fourth-order valence-corrected chi connectivity index (χ4v) is 3.93. The van der Waals surface area contributed by atoms with Gasteiger partial charge in [-0.15, -0.1) is 12.4 Å². The molecule has 1 N–H and O–H groups in total. The summed E-state index contributed by atoms with van der Waals surface area (Å²) in [7, 11) is 0. The zero-order chi connectivity index (χ0) is 20.1. The molecular formula is C24H29ClN2O3. The number of amides is 1. The molecule has 2 aromatic carbocycles. The number of hydrogen-bond acceptors (Lipinski definition) is 4. The van der Waals surface area contributed by atoms with E-state index in [2.05, 4.69) is 24.4 Å². The Morgan fingerprint density at radius 3 is 2.63 bits per heavy atom. The van der Waals surface area contributed by atoms with Crippen LogP contribution in [-0.2, 0) is 6.61 Å². The largest absolute Gasteiger partial charge is 0.486 e. The molecule has 0 bridgehead atoms. The zero-order valence-electron chi connectivity index (χ0n) is 17.3. The molecule has 1 aromatic heterocycles. The fourth-order valence-electron chi connectivity index (χ4n) is 3.93. The van der Waals surface area contributed by atoms with E-state index >= 15 is 0 Å². The smallest absolute Gasteiger partial charge is 0.289 e. The summed E-state index contributed by atoms with van der Waals surface area (Å²) in [6, 6.07) is 18.1. The lowest BCUT2D eigenvalue weighted by Crippen LogP contribution is -2.46. The number of carbonyl (C=O) groups is 1. The Morgan fingerprint density at radius 2 is 1.87 bits per heavy atom. The summed E-state index contributed by atoms with van der Waals surface area (Å²) >= 11 is 0. The van der Waals surface area contributed by atoms with Crippen LogP contribution in [0.2, 0.25) is 0 Å². The van der Waals surface area contributed by atoms with Crippen LogP contribution in [0.3, 0.4) is 0 Å². The highest BCUT2D eigenvalue weighted by molar-refractivity contribution is 5.91. The van der Waals surface area contributed by atoms with E-state index < -0.39 is 0 Å². The van der Waals surface area contributed by atoms with E-state index in [-0.39, 0.29) is 24.4 Å². The van der Waals surface area contributed by atoms with E-state index in [0.717, 1.165) is 50.0 Å². The van der Waals surface area contributed by atoms with Crippen LogP contribution in [0.4, 0.5) is 0 Å². The Hall–Kier alpha value is -2.50. The molecule has 1 fully saturated rings. The highest BCUT2D eigenvalue weighted by Gasteiger charge is 2.27. The standard InChI is InChI=1S/C24H28N2O3.ClH/c1-2-15-26(20-11-13-25-14-12-20)24(27)23-10-9-22(29-23)17-28-21-8-7-18-5-3-4-6-19(18)16-21;/h3-10,16,20,25H,2,11-15,17H2,1H3;1H. The first-order valence-electron chi connectivity index (χ1n) is 10.5. The summed E-state index contributed by atoms with van der Waals surface area (Å²) in [4.78, 5) is 15.0. The molecule has 0 radical (unpaired) electrons. The molecule has 160 valence electrons. The summed E-state index contributed by atoms with van der Waals surface area (Å²) in [5, 5.41) is 5.68. The molecule has 4 rings (SSSR count). The first kappa shape index (κ1) is 22.2. The number of furan rings is 1. The van der Waals surface area contributed by atoms with Crippen molar-refractivity contribution in [2.24, 2.45) is 0 Å². The summed E-state index contributed by atoms with van der Waals surface area (Å²) in [6.45, 7) is 5.08. The molecule has 5 nitrogen and oxygen atoms in total. The number of halogens is 1. The van der Waals surface area contributed by atoms with Crippen LogP contribution in [0.15, 0.2) is 59.0 Å². The van der Waals surface area contributed by atoms with Crippen molar-refractivity contribution >= 4 is 29.1 Å². The monoisotopic (exact) mass is 428 g/mol. The highest BCUT2D eigenvalue weighted by atomic mass is 35.5. The Labute approximate surface area is 183 Å². The summed E-state index contributed by atoms with van der Waals surface area (Å²) in [5.41, 5.74) is 0. The lowest BCUT2D eigenvalue weighted by Gasteiger charge is -2.34. The van der Waals surface area contributed by atoms with E-state index in [0.29, 0.717) is 18.1 Å². The second-order valence-electron chi connectivity index (χ2n) is 7.54. The third-order valence-corrected chi connectivity index (χ3v) is 5.45. The predicted molar refractivity (Wildman–Crippen MR) is 121 cm³/mol. The van der Waals surface area contributed by atoms with Gasteiger partial charge in [-0.3, -0.25) is 4.79 Å². The van der Waals surface area contributed by atoms with Gasteiger partial charge in [0.15, 0.2) is 5.76 Å². The molecule has 1 aliphatic rings. The Balaban J connectivity index is 0.00000256. The third-order valence-electron chi connectivity index (χ3n) is 5.45. The summed E-state index contributed by atoms with van der Waals surface area (Å²) in [5.74, 6) is 1.82. The number of fused-ring (bicyclic) bond motifs is 1. The summed E-state index contributed by atoms with van der Waals surface area (Å²) < 4.78 is 11.7. The molecule has 0 spiro atoms. The maximum atomic E-state index is 13.0. The van der Waals surface area contributed by atoms with Gasteiger partial charge in [0, 0.05) is 12.6 Å². The van der Waals surface area contributed by atoms with E-state index in [1.54, 1.807) is 6.07 Å². The number of rotatable bonds is 7. The molecule has 3 aromatic rings. The predicted octanol–water partition coefficient (Wildman–Crippen LogP) is 5.04. The lowest BCUT2D eigenvalue weighted by atomic mass is 10.0. The van der Waals surface area contributed by atoms with Crippen molar-refractivity contribution in [2.45, 2.75) is 38.8 Å². The maximum absolute atomic E-state index is 13.0. The van der Waals surface area contributed by atoms with Gasteiger partial charge in [-0.2, -0.15) is 0 Å². The lowest BCUT2D eigenvalue weighted by molar-refractivity contribution is 0.0606. The van der Waals surface area contributed by atoms with Crippen molar-refractivity contribution in [3.8, 4) is 5.75 Å². The van der Waals surface area contributed by atoms with Crippen LogP contribution in [0.5, 0.6) is 5.75 Å². The Bertz CT molecular complexity index is 966. The van der Waals surface area contributed by atoms with Gasteiger partial charge in [0.05, 0.1) is 0 Å². The first-order chi connectivity index (χ1) is 14.2. The number of benzene rings is 2. The third kappa shape index (κ3) is 5.15. The highest BCUT2D eigenvalue weighted by Crippen LogP contribution is 2.22. The molecule has 0 aliphatic carbocycles. The fraction of sp³-hybridized carbons (Fsp3) is 0.375. The van der Waals surface area contributed by atoms with Gasteiger partial charge in [-0.25, -0.2) is 0 Å². The van der Waals surface area contributed by atoms with E-state index in [9.17, 15) is 4.79 Å². The molecule has 30 heavy (non-hydrogen) atoms. The van der Waals surface area contributed by atoms with Gasteiger partial charge in [0.2, 0.25) is 0 Å². The SMILES string of the molecule is CCCN(C(=O)c1ccc(COc2ccc3ccccc3c2)o1)C1CCNCC1.Cl. The average molecular weight is 429 g/mol. The molecule has 0 atom stereocenters. The molecule has 6 heteroatoms. The number of carbonyl (C=O) groups excluding carboxylic acids is 1. The van der Waals surface area contributed by atoms with Gasteiger partial charge in [0.25, 0.3) is 5.91 Å². The second kappa shape index (κ2) is 10.5. The van der Waals surface area contributed by atoms with Crippen LogP contribution in [0, 0.1) is 0 Å². The summed E-state index contributed by atoms with van der Waals surface area (Å²) in [6.07, 6.45) is 2.92. The van der Waals surface area contributed by atoms with Crippen LogP contribution >= 0.6 is 12.4 Å². The second-order valence-corrected chi connectivity index (χ2v) is 7.54. The number of piperidine rings is 1. The van der Waals surface area contributed by atoms with E-state index in [1.807, 2.05) is 41.3 Å². The van der Waals surface area contributed by atoms with Crippen LogP contribution in [0.1, 0.15) is 42.5 Å². The average Bonchev–Trinajstić information content (AvgIpc) is 3.25. The van der Waals surface area contributed by atoms with Gasteiger partial charge in [-0.1, -0.05) is 37.3 Å². The van der Waals surface area contributed by atoms with Crippen molar-refractivity contribution < 1.29 is 13.9 Å². The zero-order valence-corrected chi connectivity index (χ0v) is 18.1.